The number of nitrogens with one attached hydrogen (secondary N) is 1. The van der Waals surface area contributed by atoms with Gasteiger partial charge in [0.2, 0.25) is 5.95 Å². The topological polar surface area (TPSA) is 81.7 Å². The molecule has 0 radical (unpaired) electrons. The number of anilines is 2. The molecule has 6 nitrogen and oxygen atoms in total. The van der Waals surface area contributed by atoms with Crippen LogP contribution in [0.4, 0.5) is 11.8 Å². The smallest absolute Gasteiger partial charge is 0.224 e. The Balaban J connectivity index is 2.43. The number of aryl methyl sites for hydroxylation is 1. The van der Waals surface area contributed by atoms with Gasteiger partial charge in [0.15, 0.2) is 5.82 Å². The molecule has 0 aliphatic rings. The van der Waals surface area contributed by atoms with Crippen molar-refractivity contribution in [2.45, 2.75) is 27.2 Å². The van der Waals surface area contributed by atoms with Crippen LogP contribution in [0.15, 0.2) is 6.07 Å². The molecule has 0 aromatic carbocycles. The lowest BCUT2D eigenvalue weighted by molar-refractivity contribution is 0.803. The standard InChI is InChI=1S/C12H17ClN6/c1-4-5-15-9-6-10(17-12(14)16-9)19-8(3)11(13)7(2)18-19/h6H,4-5H2,1-3H3,(H3,14,15,16,17). The van der Waals surface area contributed by atoms with E-state index in [-0.39, 0.29) is 5.95 Å². The predicted octanol–water partition coefficient (Wildman–Crippen LogP) is 2.34. The van der Waals surface area contributed by atoms with E-state index < -0.39 is 0 Å². The Labute approximate surface area is 117 Å². The van der Waals surface area contributed by atoms with E-state index in [1.54, 1.807) is 4.68 Å². The summed E-state index contributed by atoms with van der Waals surface area (Å²) in [6.07, 6.45) is 1.00. The van der Waals surface area contributed by atoms with E-state index in [1.165, 1.54) is 0 Å². The second-order valence-corrected chi connectivity index (χ2v) is 4.67. The average molecular weight is 281 g/mol. The van der Waals surface area contributed by atoms with Gasteiger partial charge in [0.05, 0.1) is 16.4 Å². The molecule has 0 fully saturated rings. The van der Waals surface area contributed by atoms with Crippen molar-refractivity contribution in [3.05, 3.63) is 22.5 Å². The molecule has 0 unspecified atom stereocenters. The molecule has 3 N–H and O–H groups in total. The number of hydrogen-bond donors (Lipinski definition) is 2. The Morgan fingerprint density at radius 2 is 2.11 bits per heavy atom. The van der Waals surface area contributed by atoms with Gasteiger partial charge < -0.3 is 11.1 Å². The van der Waals surface area contributed by atoms with Gasteiger partial charge in [0, 0.05) is 12.6 Å². The number of nitrogen functional groups attached to an aromatic ring is 1. The summed E-state index contributed by atoms with van der Waals surface area (Å²) in [5.74, 6) is 1.51. The van der Waals surface area contributed by atoms with Crippen molar-refractivity contribution in [1.29, 1.82) is 0 Å². The lowest BCUT2D eigenvalue weighted by Gasteiger charge is -2.08. The minimum atomic E-state index is 0.208. The quantitative estimate of drug-likeness (QED) is 0.898. The van der Waals surface area contributed by atoms with Crippen LogP contribution in [0.5, 0.6) is 0 Å². The maximum Gasteiger partial charge on any atom is 0.224 e. The fourth-order valence-electron chi connectivity index (χ4n) is 1.75. The molecule has 0 aliphatic heterocycles. The molecular weight excluding hydrogens is 264 g/mol. The first-order valence-electron chi connectivity index (χ1n) is 6.13. The largest absolute Gasteiger partial charge is 0.370 e. The summed E-state index contributed by atoms with van der Waals surface area (Å²) in [5.41, 5.74) is 7.32. The van der Waals surface area contributed by atoms with Gasteiger partial charge in [-0.15, -0.1) is 0 Å². The van der Waals surface area contributed by atoms with Crippen molar-refractivity contribution >= 4 is 23.4 Å². The summed E-state index contributed by atoms with van der Waals surface area (Å²) in [6, 6.07) is 1.81. The van der Waals surface area contributed by atoms with Crippen LogP contribution in [0.3, 0.4) is 0 Å². The van der Waals surface area contributed by atoms with Gasteiger partial charge >= 0.3 is 0 Å². The van der Waals surface area contributed by atoms with Crippen LogP contribution >= 0.6 is 11.6 Å². The van der Waals surface area contributed by atoms with Gasteiger partial charge in [-0.1, -0.05) is 18.5 Å². The van der Waals surface area contributed by atoms with Gasteiger partial charge in [-0.3, -0.25) is 0 Å². The van der Waals surface area contributed by atoms with E-state index in [0.29, 0.717) is 16.7 Å². The lowest BCUT2D eigenvalue weighted by atomic mass is 10.4. The first-order valence-corrected chi connectivity index (χ1v) is 6.51. The number of rotatable bonds is 4. The van der Waals surface area contributed by atoms with Crippen molar-refractivity contribution in [1.82, 2.24) is 19.7 Å². The van der Waals surface area contributed by atoms with Crippen LogP contribution in [0.2, 0.25) is 5.02 Å². The van der Waals surface area contributed by atoms with E-state index in [0.717, 1.165) is 24.4 Å². The minimum Gasteiger partial charge on any atom is -0.370 e. The van der Waals surface area contributed by atoms with E-state index in [2.05, 4.69) is 27.3 Å². The van der Waals surface area contributed by atoms with Gasteiger partial charge in [-0.2, -0.15) is 15.1 Å². The number of halogens is 1. The highest BCUT2D eigenvalue weighted by atomic mass is 35.5. The maximum absolute atomic E-state index is 6.14. The highest BCUT2D eigenvalue weighted by Gasteiger charge is 2.13. The molecule has 0 saturated carbocycles. The molecule has 2 heterocycles. The number of nitrogens with zero attached hydrogens (tertiary/aromatic N) is 4. The molecule has 0 spiro atoms. The fraction of sp³-hybridized carbons (Fsp3) is 0.417. The Bertz CT molecular complexity index is 592. The highest BCUT2D eigenvalue weighted by Crippen LogP contribution is 2.22. The summed E-state index contributed by atoms with van der Waals surface area (Å²) < 4.78 is 1.67. The summed E-state index contributed by atoms with van der Waals surface area (Å²) in [6.45, 7) is 6.65. The van der Waals surface area contributed by atoms with E-state index in [9.17, 15) is 0 Å². The lowest BCUT2D eigenvalue weighted by Crippen LogP contribution is -2.09. The third kappa shape index (κ3) is 2.78. The van der Waals surface area contributed by atoms with Crippen molar-refractivity contribution < 1.29 is 0 Å². The summed E-state index contributed by atoms with van der Waals surface area (Å²) in [5, 5.41) is 8.17. The molecule has 0 saturated heterocycles. The monoisotopic (exact) mass is 280 g/mol. The predicted molar refractivity (Wildman–Crippen MR) is 76.8 cm³/mol. The molecule has 19 heavy (non-hydrogen) atoms. The van der Waals surface area contributed by atoms with Gasteiger partial charge in [-0.25, -0.2) is 4.68 Å². The summed E-state index contributed by atoms with van der Waals surface area (Å²) >= 11 is 6.14. The molecule has 7 heteroatoms. The first kappa shape index (κ1) is 13.6. The fourth-order valence-corrected chi connectivity index (χ4v) is 1.87. The summed E-state index contributed by atoms with van der Waals surface area (Å²) in [7, 11) is 0. The molecule has 102 valence electrons. The number of nitrogens with two attached hydrogens (primary N) is 1. The van der Waals surface area contributed by atoms with Crippen molar-refractivity contribution in [3.63, 3.8) is 0 Å². The van der Waals surface area contributed by atoms with E-state index in [1.807, 2.05) is 19.9 Å². The highest BCUT2D eigenvalue weighted by molar-refractivity contribution is 6.31. The third-order valence-corrected chi connectivity index (χ3v) is 3.25. The molecule has 0 atom stereocenters. The van der Waals surface area contributed by atoms with Crippen molar-refractivity contribution in [2.75, 3.05) is 17.6 Å². The zero-order valence-electron chi connectivity index (χ0n) is 11.2. The van der Waals surface area contributed by atoms with Crippen LogP contribution in [-0.4, -0.2) is 26.3 Å². The first-order chi connectivity index (χ1) is 9.02. The van der Waals surface area contributed by atoms with Crippen LogP contribution in [-0.2, 0) is 0 Å². The Kier molecular flexibility index (Phi) is 3.90. The maximum atomic E-state index is 6.14. The number of aromatic nitrogens is 4. The van der Waals surface area contributed by atoms with Crippen molar-refractivity contribution in [3.8, 4) is 5.82 Å². The molecule has 0 aliphatic carbocycles. The molecule has 2 aromatic rings. The van der Waals surface area contributed by atoms with Crippen molar-refractivity contribution in [2.24, 2.45) is 0 Å². The van der Waals surface area contributed by atoms with Gasteiger partial charge in [0.1, 0.15) is 5.82 Å². The van der Waals surface area contributed by atoms with Crippen LogP contribution in [0.25, 0.3) is 5.82 Å². The van der Waals surface area contributed by atoms with Crippen LogP contribution < -0.4 is 11.1 Å². The minimum absolute atomic E-state index is 0.208. The Hall–Kier alpha value is -1.82. The zero-order chi connectivity index (χ0) is 14.0. The second-order valence-electron chi connectivity index (χ2n) is 4.29. The second kappa shape index (κ2) is 5.44. The van der Waals surface area contributed by atoms with E-state index in [4.69, 9.17) is 17.3 Å². The van der Waals surface area contributed by atoms with E-state index >= 15 is 0 Å². The van der Waals surface area contributed by atoms with Gasteiger partial charge in [0.25, 0.3) is 0 Å². The average Bonchev–Trinajstić information content (AvgIpc) is 2.63. The van der Waals surface area contributed by atoms with Crippen LogP contribution in [0, 0.1) is 13.8 Å². The molecular formula is C12H17ClN6. The Morgan fingerprint density at radius 3 is 2.68 bits per heavy atom. The molecule has 2 rings (SSSR count). The zero-order valence-corrected chi connectivity index (χ0v) is 12.0. The Morgan fingerprint density at radius 1 is 1.37 bits per heavy atom. The molecule has 0 bridgehead atoms. The normalized spacial score (nSPS) is 10.7. The molecule has 2 aromatic heterocycles. The SMILES string of the molecule is CCCNc1cc(-n2nc(C)c(Cl)c2C)nc(N)n1. The molecule has 0 amide bonds. The third-order valence-electron chi connectivity index (χ3n) is 2.71. The van der Waals surface area contributed by atoms with Crippen LogP contribution in [0.1, 0.15) is 24.7 Å². The van der Waals surface area contributed by atoms with Gasteiger partial charge in [-0.05, 0) is 20.3 Å². The summed E-state index contributed by atoms with van der Waals surface area (Å²) in [4.78, 5) is 8.33. The number of hydrogen-bond acceptors (Lipinski definition) is 5.